The highest BCUT2D eigenvalue weighted by atomic mass is 79.9. The SMILES string of the molecule is CCOC(C)(C)CNS(=O)(=O)c1cccc(Br)c1. The van der Waals surface area contributed by atoms with Gasteiger partial charge in [-0.2, -0.15) is 0 Å². The highest BCUT2D eigenvalue weighted by Gasteiger charge is 2.22. The predicted octanol–water partition coefficient (Wildman–Crippen LogP) is 2.54. The molecule has 0 amide bonds. The zero-order chi connectivity index (χ0) is 13.8. The van der Waals surface area contributed by atoms with Gasteiger partial charge in [0.1, 0.15) is 0 Å². The Bertz CT molecular complexity index is 500. The maximum atomic E-state index is 12.0. The van der Waals surface area contributed by atoms with Gasteiger partial charge in [-0.05, 0) is 39.0 Å². The molecule has 0 radical (unpaired) electrons. The minimum absolute atomic E-state index is 0.232. The summed E-state index contributed by atoms with van der Waals surface area (Å²) in [6.07, 6.45) is 0. The van der Waals surface area contributed by atoms with Crippen LogP contribution >= 0.6 is 15.9 Å². The summed E-state index contributed by atoms with van der Waals surface area (Å²) >= 11 is 3.25. The number of hydrogen-bond acceptors (Lipinski definition) is 3. The molecule has 18 heavy (non-hydrogen) atoms. The standard InChI is InChI=1S/C12H18BrNO3S/c1-4-17-12(2,3)9-14-18(15,16)11-7-5-6-10(13)8-11/h5-8,14H,4,9H2,1-3H3. The van der Waals surface area contributed by atoms with Gasteiger partial charge in [0.15, 0.2) is 0 Å². The normalized spacial score (nSPS) is 12.7. The Balaban J connectivity index is 2.78. The molecule has 0 unspecified atom stereocenters. The Morgan fingerprint density at radius 3 is 2.61 bits per heavy atom. The lowest BCUT2D eigenvalue weighted by atomic mass is 10.1. The maximum Gasteiger partial charge on any atom is 0.240 e. The third kappa shape index (κ3) is 4.68. The minimum atomic E-state index is -3.49. The van der Waals surface area contributed by atoms with Crippen molar-refractivity contribution in [2.75, 3.05) is 13.2 Å². The summed E-state index contributed by atoms with van der Waals surface area (Å²) in [6, 6.07) is 6.59. The van der Waals surface area contributed by atoms with Crippen LogP contribution in [0.4, 0.5) is 0 Å². The minimum Gasteiger partial charge on any atom is -0.375 e. The molecule has 0 fully saturated rings. The molecule has 0 aromatic heterocycles. The second-order valence-corrected chi connectivity index (χ2v) is 7.16. The van der Waals surface area contributed by atoms with Crippen molar-refractivity contribution in [1.29, 1.82) is 0 Å². The van der Waals surface area contributed by atoms with Crippen LogP contribution in [-0.2, 0) is 14.8 Å². The van der Waals surface area contributed by atoms with Gasteiger partial charge in [-0.15, -0.1) is 0 Å². The number of nitrogens with one attached hydrogen (secondary N) is 1. The molecule has 1 N–H and O–H groups in total. The van der Waals surface area contributed by atoms with Gasteiger partial charge in [0.05, 0.1) is 10.5 Å². The van der Waals surface area contributed by atoms with Crippen LogP contribution in [0.5, 0.6) is 0 Å². The summed E-state index contributed by atoms with van der Waals surface area (Å²) in [6.45, 7) is 6.35. The average Bonchev–Trinajstić information content (AvgIpc) is 2.27. The number of halogens is 1. The summed E-state index contributed by atoms with van der Waals surface area (Å²) in [5, 5.41) is 0. The van der Waals surface area contributed by atoms with Gasteiger partial charge >= 0.3 is 0 Å². The molecule has 0 saturated carbocycles. The van der Waals surface area contributed by atoms with Crippen LogP contribution < -0.4 is 4.72 Å². The summed E-state index contributed by atoms with van der Waals surface area (Å²) in [5.74, 6) is 0. The van der Waals surface area contributed by atoms with Crippen molar-refractivity contribution in [1.82, 2.24) is 4.72 Å². The van der Waals surface area contributed by atoms with Crippen LogP contribution in [0, 0.1) is 0 Å². The van der Waals surface area contributed by atoms with Gasteiger partial charge in [0.25, 0.3) is 0 Å². The Hall–Kier alpha value is -0.430. The molecule has 102 valence electrons. The van der Waals surface area contributed by atoms with Gasteiger partial charge in [-0.25, -0.2) is 13.1 Å². The van der Waals surface area contributed by atoms with E-state index in [-0.39, 0.29) is 11.4 Å². The molecule has 1 aromatic carbocycles. The Kier molecular flexibility index (Phi) is 5.33. The van der Waals surface area contributed by atoms with Crippen molar-refractivity contribution in [3.05, 3.63) is 28.7 Å². The van der Waals surface area contributed by atoms with E-state index in [0.717, 1.165) is 4.47 Å². The van der Waals surface area contributed by atoms with E-state index in [1.54, 1.807) is 24.3 Å². The quantitative estimate of drug-likeness (QED) is 0.869. The van der Waals surface area contributed by atoms with E-state index in [1.807, 2.05) is 20.8 Å². The highest BCUT2D eigenvalue weighted by Crippen LogP contribution is 2.16. The lowest BCUT2D eigenvalue weighted by molar-refractivity contribution is -0.00515. The van der Waals surface area contributed by atoms with Crippen molar-refractivity contribution in [2.24, 2.45) is 0 Å². The number of benzene rings is 1. The van der Waals surface area contributed by atoms with Gasteiger partial charge in [0, 0.05) is 17.6 Å². The molecule has 4 nitrogen and oxygen atoms in total. The Labute approximate surface area is 117 Å². The third-order valence-corrected chi connectivity index (χ3v) is 4.22. The topological polar surface area (TPSA) is 55.4 Å². The van der Waals surface area contributed by atoms with E-state index in [2.05, 4.69) is 20.7 Å². The molecule has 0 heterocycles. The molecular formula is C12H18BrNO3S. The highest BCUT2D eigenvalue weighted by molar-refractivity contribution is 9.10. The van der Waals surface area contributed by atoms with Crippen molar-refractivity contribution in [2.45, 2.75) is 31.3 Å². The number of ether oxygens (including phenoxy) is 1. The number of rotatable bonds is 6. The van der Waals surface area contributed by atoms with Crippen molar-refractivity contribution >= 4 is 26.0 Å². The Morgan fingerprint density at radius 2 is 2.06 bits per heavy atom. The van der Waals surface area contributed by atoms with Crippen LogP contribution in [0.3, 0.4) is 0 Å². The zero-order valence-corrected chi connectivity index (χ0v) is 13.1. The van der Waals surface area contributed by atoms with Crippen molar-refractivity contribution < 1.29 is 13.2 Å². The molecule has 1 aromatic rings. The smallest absolute Gasteiger partial charge is 0.240 e. The zero-order valence-electron chi connectivity index (χ0n) is 10.7. The van der Waals surface area contributed by atoms with Crippen LogP contribution in [0.25, 0.3) is 0 Å². The molecule has 1 rings (SSSR count). The fraction of sp³-hybridized carbons (Fsp3) is 0.500. The summed E-state index contributed by atoms with van der Waals surface area (Å²) < 4.78 is 32.8. The summed E-state index contributed by atoms with van der Waals surface area (Å²) in [7, 11) is -3.49. The van der Waals surface area contributed by atoms with E-state index < -0.39 is 15.6 Å². The second-order valence-electron chi connectivity index (χ2n) is 4.47. The second kappa shape index (κ2) is 6.14. The third-order valence-electron chi connectivity index (χ3n) is 2.33. The van der Waals surface area contributed by atoms with Gasteiger partial charge in [-0.1, -0.05) is 22.0 Å². The van der Waals surface area contributed by atoms with Crippen LogP contribution in [0.15, 0.2) is 33.6 Å². The molecule has 0 aliphatic heterocycles. The van der Waals surface area contributed by atoms with Crippen LogP contribution in [0.1, 0.15) is 20.8 Å². The van der Waals surface area contributed by atoms with E-state index in [9.17, 15) is 8.42 Å². The lowest BCUT2D eigenvalue weighted by Crippen LogP contribution is -2.40. The van der Waals surface area contributed by atoms with Crippen LogP contribution in [-0.4, -0.2) is 27.2 Å². The first-order chi connectivity index (χ1) is 8.27. The summed E-state index contributed by atoms with van der Waals surface area (Å²) in [4.78, 5) is 0.240. The first-order valence-corrected chi connectivity index (χ1v) is 7.94. The van der Waals surface area contributed by atoms with E-state index >= 15 is 0 Å². The van der Waals surface area contributed by atoms with E-state index in [1.165, 1.54) is 0 Å². The molecule has 6 heteroatoms. The summed E-state index contributed by atoms with van der Waals surface area (Å²) in [5.41, 5.74) is -0.520. The largest absolute Gasteiger partial charge is 0.375 e. The first-order valence-electron chi connectivity index (χ1n) is 5.66. The molecule has 0 spiro atoms. The van der Waals surface area contributed by atoms with Crippen molar-refractivity contribution in [3.63, 3.8) is 0 Å². The molecular weight excluding hydrogens is 318 g/mol. The monoisotopic (exact) mass is 335 g/mol. The van der Waals surface area contributed by atoms with Gasteiger partial charge < -0.3 is 4.74 Å². The lowest BCUT2D eigenvalue weighted by Gasteiger charge is -2.24. The molecule has 0 aliphatic rings. The van der Waals surface area contributed by atoms with Gasteiger partial charge in [0.2, 0.25) is 10.0 Å². The maximum absolute atomic E-state index is 12.0. The molecule has 0 saturated heterocycles. The molecule has 0 aliphatic carbocycles. The van der Waals surface area contributed by atoms with E-state index in [4.69, 9.17) is 4.74 Å². The van der Waals surface area contributed by atoms with E-state index in [0.29, 0.717) is 6.61 Å². The number of sulfonamides is 1. The number of hydrogen-bond donors (Lipinski definition) is 1. The molecule has 0 bridgehead atoms. The van der Waals surface area contributed by atoms with Gasteiger partial charge in [-0.3, -0.25) is 0 Å². The average molecular weight is 336 g/mol. The van der Waals surface area contributed by atoms with Crippen LogP contribution in [0.2, 0.25) is 0 Å². The first kappa shape index (κ1) is 15.6. The molecule has 0 atom stereocenters. The fourth-order valence-corrected chi connectivity index (χ4v) is 3.22. The van der Waals surface area contributed by atoms with Crippen molar-refractivity contribution in [3.8, 4) is 0 Å². The predicted molar refractivity (Wildman–Crippen MR) is 75.0 cm³/mol. The fourth-order valence-electron chi connectivity index (χ4n) is 1.43. The Morgan fingerprint density at radius 1 is 1.39 bits per heavy atom.